The van der Waals surface area contributed by atoms with Crippen molar-refractivity contribution >= 4 is 0 Å². The lowest BCUT2D eigenvalue weighted by atomic mass is 9.85. The summed E-state index contributed by atoms with van der Waals surface area (Å²) in [6, 6.07) is 0.822. The van der Waals surface area contributed by atoms with Gasteiger partial charge < -0.3 is 5.32 Å². The molecule has 1 aromatic rings. The fraction of sp³-hybridized carbons (Fsp3) is 0.778. The van der Waals surface area contributed by atoms with Gasteiger partial charge in [-0.15, -0.1) is 0 Å². The molecule has 3 heteroatoms. The molecule has 2 atom stereocenters. The SMILES string of the molecule is Cc1nc(C2CC2(C)C)nc2c1CC(CNC1CC1)CC2. The van der Waals surface area contributed by atoms with Gasteiger partial charge in [0.15, 0.2) is 0 Å². The highest BCUT2D eigenvalue weighted by Crippen LogP contribution is 2.57. The molecule has 2 fully saturated rings. The van der Waals surface area contributed by atoms with Crippen LogP contribution in [-0.2, 0) is 12.8 Å². The summed E-state index contributed by atoms with van der Waals surface area (Å²) in [7, 11) is 0. The lowest BCUT2D eigenvalue weighted by Crippen LogP contribution is -2.29. The summed E-state index contributed by atoms with van der Waals surface area (Å²) in [5.41, 5.74) is 4.47. The molecule has 3 aliphatic rings. The van der Waals surface area contributed by atoms with Crippen LogP contribution in [0.1, 0.15) is 68.2 Å². The maximum absolute atomic E-state index is 4.94. The van der Waals surface area contributed by atoms with Crippen molar-refractivity contribution in [3.63, 3.8) is 0 Å². The number of hydrogen-bond acceptors (Lipinski definition) is 3. The van der Waals surface area contributed by atoms with Gasteiger partial charge in [0.05, 0.1) is 0 Å². The Hall–Kier alpha value is -0.960. The second-order valence-electron chi connectivity index (χ2n) is 8.13. The Morgan fingerprint density at radius 3 is 2.62 bits per heavy atom. The number of fused-ring (bicyclic) bond motifs is 1. The minimum atomic E-state index is 0.423. The fourth-order valence-corrected chi connectivity index (χ4v) is 3.74. The van der Waals surface area contributed by atoms with Crippen molar-refractivity contribution in [1.29, 1.82) is 0 Å². The number of aryl methyl sites for hydroxylation is 2. The second kappa shape index (κ2) is 4.77. The molecule has 0 radical (unpaired) electrons. The van der Waals surface area contributed by atoms with Gasteiger partial charge in [-0.1, -0.05) is 13.8 Å². The van der Waals surface area contributed by atoms with E-state index in [1.807, 2.05) is 0 Å². The first kappa shape index (κ1) is 13.7. The van der Waals surface area contributed by atoms with Gasteiger partial charge in [-0.2, -0.15) is 0 Å². The third kappa shape index (κ3) is 2.73. The van der Waals surface area contributed by atoms with Crippen LogP contribution in [0.4, 0.5) is 0 Å². The van der Waals surface area contributed by atoms with Crippen molar-refractivity contribution in [2.24, 2.45) is 11.3 Å². The molecule has 0 amide bonds. The predicted molar refractivity (Wildman–Crippen MR) is 84.4 cm³/mol. The summed E-state index contributed by atoms with van der Waals surface area (Å²) in [6.07, 6.45) is 7.62. The molecule has 1 aromatic heterocycles. The largest absolute Gasteiger partial charge is 0.314 e. The molecule has 21 heavy (non-hydrogen) atoms. The Labute approximate surface area is 128 Å². The quantitative estimate of drug-likeness (QED) is 0.923. The number of nitrogens with one attached hydrogen (secondary N) is 1. The third-order valence-electron chi connectivity index (χ3n) is 5.70. The van der Waals surface area contributed by atoms with E-state index in [4.69, 9.17) is 9.97 Å². The minimum Gasteiger partial charge on any atom is -0.314 e. The zero-order chi connectivity index (χ0) is 14.6. The average Bonchev–Trinajstić information content (AvgIpc) is 3.34. The first-order valence-corrected chi connectivity index (χ1v) is 8.62. The molecule has 2 unspecified atom stereocenters. The molecule has 3 aliphatic carbocycles. The normalized spacial score (nSPS) is 30.0. The molecule has 0 spiro atoms. The monoisotopic (exact) mass is 285 g/mol. The van der Waals surface area contributed by atoms with E-state index in [0.717, 1.165) is 24.2 Å². The Morgan fingerprint density at radius 1 is 1.19 bits per heavy atom. The van der Waals surface area contributed by atoms with Gasteiger partial charge in [-0.25, -0.2) is 9.97 Å². The summed E-state index contributed by atoms with van der Waals surface area (Å²) >= 11 is 0. The molecule has 0 bridgehead atoms. The van der Waals surface area contributed by atoms with Crippen LogP contribution in [0.2, 0.25) is 0 Å². The van der Waals surface area contributed by atoms with Crippen molar-refractivity contribution in [1.82, 2.24) is 15.3 Å². The molecule has 1 N–H and O–H groups in total. The van der Waals surface area contributed by atoms with Crippen molar-refractivity contribution in [3.05, 3.63) is 22.8 Å². The van der Waals surface area contributed by atoms with Crippen molar-refractivity contribution in [2.75, 3.05) is 6.54 Å². The highest BCUT2D eigenvalue weighted by atomic mass is 15.0. The van der Waals surface area contributed by atoms with Crippen LogP contribution in [0.3, 0.4) is 0 Å². The Balaban J connectivity index is 1.50. The summed E-state index contributed by atoms with van der Waals surface area (Å²) in [5, 5.41) is 3.69. The lowest BCUT2D eigenvalue weighted by molar-refractivity contribution is 0.415. The second-order valence-corrected chi connectivity index (χ2v) is 8.13. The molecular formula is C18H27N3. The molecule has 1 heterocycles. The molecule has 3 nitrogen and oxygen atoms in total. The summed E-state index contributed by atoms with van der Waals surface area (Å²) < 4.78 is 0. The van der Waals surface area contributed by atoms with E-state index >= 15 is 0 Å². The van der Waals surface area contributed by atoms with E-state index in [1.54, 1.807) is 0 Å². The molecule has 4 rings (SSSR count). The highest BCUT2D eigenvalue weighted by Gasteiger charge is 2.48. The molecule has 0 aromatic carbocycles. The Kier molecular flexibility index (Phi) is 3.11. The van der Waals surface area contributed by atoms with E-state index in [9.17, 15) is 0 Å². The van der Waals surface area contributed by atoms with E-state index in [0.29, 0.717) is 11.3 Å². The number of hydrogen-bond donors (Lipinski definition) is 1. The van der Waals surface area contributed by atoms with Crippen LogP contribution < -0.4 is 5.32 Å². The van der Waals surface area contributed by atoms with Gasteiger partial charge in [0, 0.05) is 23.3 Å². The topological polar surface area (TPSA) is 37.8 Å². The van der Waals surface area contributed by atoms with Crippen LogP contribution in [0, 0.1) is 18.3 Å². The fourth-order valence-electron chi connectivity index (χ4n) is 3.74. The van der Waals surface area contributed by atoms with Gasteiger partial charge in [0.1, 0.15) is 5.82 Å². The van der Waals surface area contributed by atoms with E-state index in [2.05, 4.69) is 26.1 Å². The van der Waals surface area contributed by atoms with Gasteiger partial charge in [0.25, 0.3) is 0 Å². The summed E-state index contributed by atoms with van der Waals surface area (Å²) in [6.45, 7) is 8.03. The van der Waals surface area contributed by atoms with E-state index in [1.165, 1.54) is 55.6 Å². The van der Waals surface area contributed by atoms with Crippen molar-refractivity contribution in [3.8, 4) is 0 Å². The highest BCUT2D eigenvalue weighted by molar-refractivity contribution is 5.30. The number of aromatic nitrogens is 2. The van der Waals surface area contributed by atoms with Crippen LogP contribution in [0.5, 0.6) is 0 Å². The van der Waals surface area contributed by atoms with Crippen LogP contribution in [-0.4, -0.2) is 22.6 Å². The smallest absolute Gasteiger partial charge is 0.132 e. The Bertz CT molecular complexity index is 560. The van der Waals surface area contributed by atoms with E-state index < -0.39 is 0 Å². The molecule has 2 saturated carbocycles. The van der Waals surface area contributed by atoms with Gasteiger partial charge in [-0.05, 0) is 68.9 Å². The van der Waals surface area contributed by atoms with Gasteiger partial charge >= 0.3 is 0 Å². The maximum atomic E-state index is 4.94. The lowest BCUT2D eigenvalue weighted by Gasteiger charge is -2.26. The Morgan fingerprint density at radius 2 is 1.95 bits per heavy atom. The zero-order valence-electron chi connectivity index (χ0n) is 13.6. The minimum absolute atomic E-state index is 0.423. The number of nitrogens with zero attached hydrogens (tertiary/aromatic N) is 2. The van der Waals surface area contributed by atoms with Gasteiger partial charge in [-0.3, -0.25) is 0 Å². The average molecular weight is 285 g/mol. The molecule has 0 aliphatic heterocycles. The third-order valence-corrected chi connectivity index (χ3v) is 5.70. The predicted octanol–water partition coefficient (Wildman–Crippen LogP) is 3.16. The zero-order valence-corrected chi connectivity index (χ0v) is 13.6. The first-order valence-electron chi connectivity index (χ1n) is 8.62. The summed E-state index contributed by atoms with van der Waals surface area (Å²) in [5.74, 6) is 2.49. The molecular weight excluding hydrogens is 258 g/mol. The molecule has 114 valence electrons. The van der Waals surface area contributed by atoms with Crippen LogP contribution in [0.25, 0.3) is 0 Å². The van der Waals surface area contributed by atoms with Crippen LogP contribution >= 0.6 is 0 Å². The van der Waals surface area contributed by atoms with Crippen molar-refractivity contribution < 1.29 is 0 Å². The maximum Gasteiger partial charge on any atom is 0.132 e. The van der Waals surface area contributed by atoms with Crippen LogP contribution in [0.15, 0.2) is 0 Å². The van der Waals surface area contributed by atoms with Crippen molar-refractivity contribution in [2.45, 2.75) is 71.3 Å². The van der Waals surface area contributed by atoms with E-state index in [-0.39, 0.29) is 0 Å². The first-order chi connectivity index (χ1) is 10.0. The molecule has 0 saturated heterocycles. The summed E-state index contributed by atoms with van der Waals surface area (Å²) in [4.78, 5) is 9.80. The van der Waals surface area contributed by atoms with Gasteiger partial charge in [0.2, 0.25) is 0 Å². The number of rotatable bonds is 4. The standard InChI is InChI=1S/C18H27N3/c1-11-14-8-12(10-19-13-5-6-13)4-7-16(14)21-17(20-11)15-9-18(15,2)3/h12-13,15,19H,4-10H2,1-3H3.